The third-order valence-corrected chi connectivity index (χ3v) is 3.35. The molecule has 1 atom stereocenters. The van der Waals surface area contributed by atoms with Gasteiger partial charge in [-0.25, -0.2) is 0 Å². The van der Waals surface area contributed by atoms with Crippen molar-refractivity contribution in [3.05, 3.63) is 28.8 Å². The van der Waals surface area contributed by atoms with Gasteiger partial charge in [-0.05, 0) is 31.9 Å². The lowest BCUT2D eigenvalue weighted by atomic mass is 9.91. The van der Waals surface area contributed by atoms with Crippen molar-refractivity contribution in [2.24, 2.45) is 5.92 Å². The molecule has 0 saturated carbocycles. The SMILES string of the molecule is CCOC(=O)C1CCOc2c(C)ccc(C)c2C1=O. The average Bonchev–Trinajstić information content (AvgIpc) is 2.54. The first-order valence-corrected chi connectivity index (χ1v) is 6.50. The van der Waals surface area contributed by atoms with Crippen LogP contribution in [-0.2, 0) is 9.53 Å². The van der Waals surface area contributed by atoms with Gasteiger partial charge < -0.3 is 9.47 Å². The molecule has 0 fully saturated rings. The summed E-state index contributed by atoms with van der Waals surface area (Å²) in [6.07, 6.45) is 0.366. The summed E-state index contributed by atoms with van der Waals surface area (Å²) in [4.78, 5) is 24.4. The van der Waals surface area contributed by atoms with Crippen LogP contribution < -0.4 is 4.74 Å². The molecule has 0 bridgehead atoms. The van der Waals surface area contributed by atoms with Gasteiger partial charge in [0.15, 0.2) is 5.78 Å². The molecule has 4 nitrogen and oxygen atoms in total. The van der Waals surface area contributed by atoms with Crippen molar-refractivity contribution in [2.75, 3.05) is 13.2 Å². The first-order chi connectivity index (χ1) is 9.06. The van der Waals surface area contributed by atoms with E-state index in [1.54, 1.807) is 6.92 Å². The molecule has 1 aromatic carbocycles. The van der Waals surface area contributed by atoms with E-state index in [4.69, 9.17) is 9.47 Å². The molecular formula is C15H18O4. The van der Waals surface area contributed by atoms with E-state index in [0.717, 1.165) is 11.1 Å². The number of hydrogen-bond acceptors (Lipinski definition) is 4. The maximum absolute atomic E-state index is 12.5. The minimum Gasteiger partial charge on any atom is -0.493 e. The number of fused-ring (bicyclic) bond motifs is 1. The molecule has 1 aliphatic heterocycles. The molecule has 0 N–H and O–H groups in total. The molecule has 0 aromatic heterocycles. The number of aryl methyl sites for hydroxylation is 2. The summed E-state index contributed by atoms with van der Waals surface area (Å²) >= 11 is 0. The maximum atomic E-state index is 12.5. The zero-order valence-electron chi connectivity index (χ0n) is 11.5. The molecule has 19 heavy (non-hydrogen) atoms. The lowest BCUT2D eigenvalue weighted by molar-refractivity contribution is -0.146. The van der Waals surface area contributed by atoms with Crippen molar-refractivity contribution in [1.82, 2.24) is 0 Å². The van der Waals surface area contributed by atoms with Crippen LogP contribution in [0.4, 0.5) is 0 Å². The summed E-state index contributed by atoms with van der Waals surface area (Å²) in [6, 6.07) is 3.80. The third-order valence-electron chi connectivity index (χ3n) is 3.35. The summed E-state index contributed by atoms with van der Waals surface area (Å²) in [5, 5.41) is 0. The Morgan fingerprint density at radius 1 is 1.37 bits per heavy atom. The highest BCUT2D eigenvalue weighted by atomic mass is 16.5. The lowest BCUT2D eigenvalue weighted by Gasteiger charge is -2.13. The van der Waals surface area contributed by atoms with Crippen LogP contribution in [0.1, 0.15) is 34.8 Å². The third kappa shape index (κ3) is 2.48. The minimum atomic E-state index is -0.748. The Kier molecular flexibility index (Phi) is 3.88. The van der Waals surface area contributed by atoms with Crippen molar-refractivity contribution < 1.29 is 19.1 Å². The number of carbonyl (C=O) groups is 2. The number of esters is 1. The predicted molar refractivity (Wildman–Crippen MR) is 70.5 cm³/mol. The molecule has 1 heterocycles. The standard InChI is InChI=1S/C15H18O4/c1-4-18-15(17)11-7-8-19-14-10(3)6-5-9(2)12(14)13(11)16/h5-6,11H,4,7-8H2,1-3H3. The predicted octanol–water partition coefficient (Wildman–Crippen LogP) is 2.45. The second-order valence-corrected chi connectivity index (χ2v) is 4.71. The second-order valence-electron chi connectivity index (χ2n) is 4.71. The van der Waals surface area contributed by atoms with Crippen LogP contribution in [0.15, 0.2) is 12.1 Å². The van der Waals surface area contributed by atoms with Crippen LogP contribution in [0.2, 0.25) is 0 Å². The molecule has 4 heteroatoms. The van der Waals surface area contributed by atoms with Gasteiger partial charge in [0.2, 0.25) is 0 Å². The molecule has 0 aliphatic carbocycles. The van der Waals surface area contributed by atoms with Crippen LogP contribution in [-0.4, -0.2) is 25.0 Å². The van der Waals surface area contributed by atoms with Gasteiger partial charge in [-0.3, -0.25) is 9.59 Å². The van der Waals surface area contributed by atoms with Crippen LogP contribution in [0.3, 0.4) is 0 Å². The van der Waals surface area contributed by atoms with Gasteiger partial charge in [0.05, 0.1) is 18.8 Å². The maximum Gasteiger partial charge on any atom is 0.316 e. The number of ketones is 1. The summed E-state index contributed by atoms with van der Waals surface area (Å²) in [6.45, 7) is 6.12. The largest absolute Gasteiger partial charge is 0.493 e. The Hall–Kier alpha value is -1.84. The number of carbonyl (C=O) groups excluding carboxylic acids is 2. The van der Waals surface area contributed by atoms with E-state index >= 15 is 0 Å². The molecule has 2 rings (SSSR count). The zero-order chi connectivity index (χ0) is 14.0. The van der Waals surface area contributed by atoms with Crippen LogP contribution in [0, 0.1) is 19.8 Å². The molecule has 1 aromatic rings. The van der Waals surface area contributed by atoms with E-state index < -0.39 is 11.9 Å². The van der Waals surface area contributed by atoms with Crippen LogP contribution >= 0.6 is 0 Å². The molecular weight excluding hydrogens is 244 g/mol. The number of benzene rings is 1. The summed E-state index contributed by atoms with van der Waals surface area (Å²) < 4.78 is 10.6. The molecule has 0 saturated heterocycles. The van der Waals surface area contributed by atoms with Crippen molar-refractivity contribution >= 4 is 11.8 Å². The molecule has 1 unspecified atom stereocenters. The number of rotatable bonds is 2. The summed E-state index contributed by atoms with van der Waals surface area (Å²) in [5.41, 5.74) is 2.27. The van der Waals surface area contributed by atoms with E-state index in [9.17, 15) is 9.59 Å². The van der Waals surface area contributed by atoms with Crippen molar-refractivity contribution in [3.63, 3.8) is 0 Å². The van der Waals surface area contributed by atoms with Crippen LogP contribution in [0.25, 0.3) is 0 Å². The van der Waals surface area contributed by atoms with E-state index in [1.807, 2.05) is 26.0 Å². The van der Waals surface area contributed by atoms with Gasteiger partial charge >= 0.3 is 5.97 Å². The number of Topliss-reactive ketones (excluding diaryl/α,β-unsaturated/α-hetero) is 1. The Labute approximate surface area is 112 Å². The zero-order valence-corrected chi connectivity index (χ0v) is 11.5. The highest BCUT2D eigenvalue weighted by Gasteiger charge is 2.34. The Balaban J connectivity index is 2.44. The van der Waals surface area contributed by atoms with E-state index in [-0.39, 0.29) is 12.4 Å². The highest BCUT2D eigenvalue weighted by molar-refractivity contribution is 6.11. The molecule has 0 radical (unpaired) electrons. The molecule has 0 amide bonds. The van der Waals surface area contributed by atoms with Crippen molar-refractivity contribution in [1.29, 1.82) is 0 Å². The Bertz CT molecular complexity index is 519. The Morgan fingerprint density at radius 3 is 2.74 bits per heavy atom. The fourth-order valence-corrected chi connectivity index (χ4v) is 2.33. The number of ether oxygens (including phenoxy) is 2. The fraction of sp³-hybridized carbons (Fsp3) is 0.467. The van der Waals surface area contributed by atoms with E-state index in [0.29, 0.717) is 24.3 Å². The van der Waals surface area contributed by atoms with Gasteiger partial charge in [0, 0.05) is 6.42 Å². The van der Waals surface area contributed by atoms with Gasteiger partial charge in [0.1, 0.15) is 11.7 Å². The normalized spacial score (nSPS) is 18.3. The van der Waals surface area contributed by atoms with Gasteiger partial charge in [-0.2, -0.15) is 0 Å². The van der Waals surface area contributed by atoms with Gasteiger partial charge in [-0.1, -0.05) is 12.1 Å². The van der Waals surface area contributed by atoms with E-state index in [2.05, 4.69) is 0 Å². The summed E-state index contributed by atoms with van der Waals surface area (Å²) in [5.74, 6) is -0.782. The smallest absolute Gasteiger partial charge is 0.316 e. The topological polar surface area (TPSA) is 52.6 Å². The van der Waals surface area contributed by atoms with E-state index in [1.165, 1.54) is 0 Å². The van der Waals surface area contributed by atoms with Crippen LogP contribution in [0.5, 0.6) is 5.75 Å². The average molecular weight is 262 g/mol. The van der Waals surface area contributed by atoms with Gasteiger partial charge in [-0.15, -0.1) is 0 Å². The fourth-order valence-electron chi connectivity index (χ4n) is 2.33. The first kappa shape index (κ1) is 13.6. The van der Waals surface area contributed by atoms with Crippen molar-refractivity contribution in [2.45, 2.75) is 27.2 Å². The quantitative estimate of drug-likeness (QED) is 0.607. The summed E-state index contributed by atoms with van der Waals surface area (Å²) in [7, 11) is 0. The highest BCUT2D eigenvalue weighted by Crippen LogP contribution is 2.32. The second kappa shape index (κ2) is 5.43. The molecule has 102 valence electrons. The lowest BCUT2D eigenvalue weighted by Crippen LogP contribution is -2.26. The Morgan fingerprint density at radius 2 is 2.05 bits per heavy atom. The number of hydrogen-bond donors (Lipinski definition) is 0. The minimum absolute atomic E-state index is 0.188. The molecule has 0 spiro atoms. The van der Waals surface area contributed by atoms with Crippen molar-refractivity contribution in [3.8, 4) is 5.75 Å². The first-order valence-electron chi connectivity index (χ1n) is 6.50. The monoisotopic (exact) mass is 262 g/mol. The van der Waals surface area contributed by atoms with Gasteiger partial charge in [0.25, 0.3) is 0 Å². The molecule has 1 aliphatic rings.